The molecule has 1 aromatic heterocycles. The number of aryl methyl sites for hydroxylation is 1. The normalized spacial score (nSPS) is 15.3. The quantitative estimate of drug-likeness (QED) is 0.389. The fraction of sp³-hybridized carbons (Fsp3) is 0.400. The summed E-state index contributed by atoms with van der Waals surface area (Å²) in [7, 11) is -0.748. The smallest absolute Gasteiger partial charge is 0.405 e. The van der Waals surface area contributed by atoms with Gasteiger partial charge in [-0.3, -0.25) is 4.79 Å². The molecule has 2 heterocycles. The first-order valence-corrected chi connectivity index (χ1v) is 13.8. The average Bonchev–Trinajstić information content (AvgIpc) is 2.86. The number of hydrogen-bond acceptors (Lipinski definition) is 8. The molecule has 9 nitrogen and oxygen atoms in total. The molecule has 0 aliphatic carbocycles. The summed E-state index contributed by atoms with van der Waals surface area (Å²) in [6.45, 7) is 1.86. The van der Waals surface area contributed by atoms with Gasteiger partial charge >= 0.3 is 6.18 Å². The summed E-state index contributed by atoms with van der Waals surface area (Å²) in [5.74, 6) is 1.28. The first kappa shape index (κ1) is 27.4. The number of benzene rings is 2. The topological polar surface area (TPSA) is 115 Å². The van der Waals surface area contributed by atoms with Gasteiger partial charge in [-0.15, -0.1) is 0 Å². The van der Waals surface area contributed by atoms with Gasteiger partial charge in [-0.2, -0.15) is 17.5 Å². The number of rotatable bonds is 9. The monoisotopic (exact) mass is 551 g/mol. The van der Waals surface area contributed by atoms with Gasteiger partial charge in [-0.05, 0) is 43.5 Å². The molecule has 3 aromatic rings. The van der Waals surface area contributed by atoms with Crippen molar-refractivity contribution in [3.05, 3.63) is 42.2 Å². The Bertz CT molecular complexity index is 1460. The highest BCUT2D eigenvalue weighted by Crippen LogP contribution is 2.38. The molecule has 1 aliphatic rings. The molecule has 0 bridgehead atoms. The number of anilines is 2. The van der Waals surface area contributed by atoms with Crippen molar-refractivity contribution >= 4 is 43.7 Å². The molecule has 1 amide bonds. The number of alkyl halides is 3. The summed E-state index contributed by atoms with van der Waals surface area (Å²) in [6, 6.07) is 8.69. The standard InChI is InChI=1S/C25H28F3N5O4S/c1-4-16-6-7-18(20(10-16)37-15(2)24(34)29-13-25(26,27)28)32-23-22-19(30-14-31-23)11-17(12-21(22)36-3)33-38(35)8-5-9-38/h6-7,10-12,14-15H,4-5,8-9,13H2,1-3H3,(H,29,34)(H,30,31,32)/t15-/m1/s1. The van der Waals surface area contributed by atoms with Gasteiger partial charge in [0.25, 0.3) is 5.91 Å². The number of fused-ring (bicyclic) bond motifs is 1. The molecule has 0 radical (unpaired) electrons. The van der Waals surface area contributed by atoms with Gasteiger partial charge in [0.15, 0.2) is 6.10 Å². The fourth-order valence-corrected chi connectivity index (χ4v) is 5.27. The molecule has 4 rings (SSSR count). The maximum atomic E-state index is 12.6. The molecular formula is C25H28F3N5O4S. The van der Waals surface area contributed by atoms with Crippen LogP contribution in [0.1, 0.15) is 25.8 Å². The SMILES string of the molecule is CCc1ccc(Nc2ncnc3cc(N=S4(=O)CCC4)cc(OC)c23)c(O[C@H](C)C(=O)NCC(F)(F)F)c1. The van der Waals surface area contributed by atoms with Crippen molar-refractivity contribution in [1.82, 2.24) is 15.3 Å². The van der Waals surface area contributed by atoms with Crippen molar-refractivity contribution in [2.24, 2.45) is 4.36 Å². The van der Waals surface area contributed by atoms with Crippen LogP contribution in [-0.2, 0) is 20.9 Å². The van der Waals surface area contributed by atoms with Crippen LogP contribution in [0, 0.1) is 0 Å². The van der Waals surface area contributed by atoms with E-state index < -0.39 is 34.5 Å². The maximum absolute atomic E-state index is 12.6. The van der Waals surface area contributed by atoms with E-state index in [2.05, 4.69) is 19.6 Å². The second-order valence-electron chi connectivity index (χ2n) is 8.79. The number of aromatic nitrogens is 2. The summed E-state index contributed by atoms with van der Waals surface area (Å²) >= 11 is 0. The van der Waals surface area contributed by atoms with Gasteiger partial charge in [0.2, 0.25) is 0 Å². The van der Waals surface area contributed by atoms with Gasteiger partial charge in [-0.1, -0.05) is 13.0 Å². The molecule has 204 valence electrons. The molecule has 0 unspecified atom stereocenters. The van der Waals surface area contributed by atoms with E-state index in [4.69, 9.17) is 9.47 Å². The van der Waals surface area contributed by atoms with Crippen molar-refractivity contribution in [2.75, 3.05) is 30.5 Å². The molecule has 1 saturated heterocycles. The van der Waals surface area contributed by atoms with E-state index in [1.807, 2.05) is 18.3 Å². The predicted molar refractivity (Wildman–Crippen MR) is 139 cm³/mol. The highest BCUT2D eigenvalue weighted by Gasteiger charge is 2.29. The Morgan fingerprint density at radius 2 is 1.95 bits per heavy atom. The molecule has 0 saturated carbocycles. The Kier molecular flexibility index (Phi) is 7.95. The van der Waals surface area contributed by atoms with E-state index in [9.17, 15) is 22.2 Å². The Morgan fingerprint density at radius 1 is 1.18 bits per heavy atom. The van der Waals surface area contributed by atoms with Gasteiger partial charge in [0.05, 0.1) is 39.1 Å². The number of carbonyl (C=O) groups excluding carboxylic acids is 1. The van der Waals surface area contributed by atoms with E-state index in [0.717, 1.165) is 12.0 Å². The van der Waals surface area contributed by atoms with Gasteiger partial charge in [0, 0.05) is 17.6 Å². The Balaban J connectivity index is 1.67. The molecule has 1 aliphatic heterocycles. The number of hydrogen-bond donors (Lipinski definition) is 2. The number of amides is 1. The van der Waals surface area contributed by atoms with Crippen LogP contribution in [-0.4, -0.2) is 57.5 Å². The molecule has 0 spiro atoms. The number of nitrogens with zero attached hydrogens (tertiary/aromatic N) is 3. The van der Waals surface area contributed by atoms with Crippen LogP contribution in [0.15, 0.2) is 41.0 Å². The molecule has 2 aromatic carbocycles. The molecule has 2 N–H and O–H groups in total. The largest absolute Gasteiger partial charge is 0.496 e. The Labute approximate surface area is 218 Å². The third-order valence-corrected chi connectivity index (χ3v) is 8.34. The lowest BCUT2D eigenvalue weighted by Gasteiger charge is -2.20. The number of nitrogens with one attached hydrogen (secondary N) is 2. The molecular weight excluding hydrogens is 523 g/mol. The number of halogens is 3. The van der Waals surface area contributed by atoms with Crippen molar-refractivity contribution in [2.45, 2.75) is 39.0 Å². The van der Waals surface area contributed by atoms with Crippen LogP contribution in [0.4, 0.5) is 30.4 Å². The molecule has 13 heteroatoms. The zero-order valence-electron chi connectivity index (χ0n) is 21.1. The summed E-state index contributed by atoms with van der Waals surface area (Å²) in [5, 5.41) is 5.55. The van der Waals surface area contributed by atoms with Crippen molar-refractivity contribution in [1.29, 1.82) is 0 Å². The van der Waals surface area contributed by atoms with E-state index in [-0.39, 0.29) is 5.75 Å². The van der Waals surface area contributed by atoms with E-state index in [0.29, 0.717) is 51.8 Å². The molecule has 38 heavy (non-hydrogen) atoms. The van der Waals surface area contributed by atoms with Crippen molar-refractivity contribution in [3.8, 4) is 11.5 Å². The lowest BCUT2D eigenvalue weighted by atomic mass is 10.1. The predicted octanol–water partition coefficient (Wildman–Crippen LogP) is 4.89. The second kappa shape index (κ2) is 11.0. The zero-order chi connectivity index (χ0) is 27.5. The van der Waals surface area contributed by atoms with Crippen LogP contribution >= 0.6 is 0 Å². The Morgan fingerprint density at radius 3 is 2.58 bits per heavy atom. The maximum Gasteiger partial charge on any atom is 0.405 e. The summed E-state index contributed by atoms with van der Waals surface area (Å²) < 4.78 is 66.0. The summed E-state index contributed by atoms with van der Waals surface area (Å²) in [5.41, 5.74) is 2.34. The van der Waals surface area contributed by atoms with E-state index in [1.54, 1.807) is 24.3 Å². The first-order valence-electron chi connectivity index (χ1n) is 12.0. The number of carbonyl (C=O) groups is 1. The highest BCUT2D eigenvalue weighted by atomic mass is 32.2. The van der Waals surface area contributed by atoms with Crippen LogP contribution in [0.2, 0.25) is 0 Å². The minimum atomic E-state index is -4.53. The van der Waals surface area contributed by atoms with E-state index in [1.165, 1.54) is 20.4 Å². The lowest BCUT2D eigenvalue weighted by Crippen LogP contribution is -2.41. The fourth-order valence-electron chi connectivity index (χ4n) is 3.81. The van der Waals surface area contributed by atoms with Crippen LogP contribution in [0.3, 0.4) is 0 Å². The van der Waals surface area contributed by atoms with Gasteiger partial charge in [0.1, 0.15) is 30.2 Å². The highest BCUT2D eigenvalue weighted by molar-refractivity contribution is 7.95. The third kappa shape index (κ3) is 6.44. The molecule has 1 atom stereocenters. The van der Waals surface area contributed by atoms with Gasteiger partial charge < -0.3 is 20.1 Å². The number of ether oxygens (including phenoxy) is 2. The first-order chi connectivity index (χ1) is 18.0. The zero-order valence-corrected chi connectivity index (χ0v) is 21.9. The van der Waals surface area contributed by atoms with Crippen LogP contribution in [0.5, 0.6) is 11.5 Å². The average molecular weight is 552 g/mol. The minimum Gasteiger partial charge on any atom is -0.496 e. The van der Waals surface area contributed by atoms with Gasteiger partial charge in [-0.25, -0.2) is 14.2 Å². The third-order valence-electron chi connectivity index (χ3n) is 5.95. The van der Waals surface area contributed by atoms with E-state index >= 15 is 0 Å². The molecule has 1 fully saturated rings. The second-order valence-corrected chi connectivity index (χ2v) is 11.3. The number of methoxy groups -OCH3 is 1. The summed E-state index contributed by atoms with van der Waals surface area (Å²) in [4.78, 5) is 20.9. The van der Waals surface area contributed by atoms with Crippen LogP contribution in [0.25, 0.3) is 10.9 Å². The van der Waals surface area contributed by atoms with Crippen molar-refractivity contribution < 1.29 is 31.6 Å². The summed E-state index contributed by atoms with van der Waals surface area (Å²) in [6.07, 6.45) is -2.82. The van der Waals surface area contributed by atoms with Crippen LogP contribution < -0.4 is 20.1 Å². The lowest BCUT2D eigenvalue weighted by molar-refractivity contribution is -0.142. The minimum absolute atomic E-state index is 0.262. The van der Waals surface area contributed by atoms with Crippen molar-refractivity contribution in [3.63, 3.8) is 0 Å². The Hall–Kier alpha value is -3.61.